The normalized spacial score (nSPS) is 10.3. The third kappa shape index (κ3) is 2.93. The van der Waals surface area contributed by atoms with Crippen LogP contribution < -0.4 is 9.47 Å². The van der Waals surface area contributed by atoms with Gasteiger partial charge in [0, 0.05) is 11.1 Å². The number of aromatic nitrogens is 1. The summed E-state index contributed by atoms with van der Waals surface area (Å²) in [4.78, 5) is 4.75. The minimum Gasteiger partial charge on any atom is -0.497 e. The van der Waals surface area contributed by atoms with Gasteiger partial charge in [-0.15, -0.1) is 0 Å². The lowest BCUT2D eigenvalue weighted by Crippen LogP contribution is -1.90. The Kier molecular flexibility index (Phi) is 4.05. The van der Waals surface area contributed by atoms with Crippen LogP contribution in [0.5, 0.6) is 11.5 Å². The summed E-state index contributed by atoms with van der Waals surface area (Å²) in [6.45, 7) is 0. The molecule has 0 aliphatic heterocycles. The van der Waals surface area contributed by atoms with E-state index in [-0.39, 0.29) is 0 Å². The maximum atomic E-state index is 5.28. The van der Waals surface area contributed by atoms with Crippen LogP contribution in [0.25, 0.3) is 22.5 Å². The molecule has 22 heavy (non-hydrogen) atoms. The minimum atomic E-state index is 0.825. The van der Waals surface area contributed by atoms with Crippen LogP contribution in [-0.4, -0.2) is 19.2 Å². The van der Waals surface area contributed by atoms with Gasteiger partial charge in [-0.1, -0.05) is 30.3 Å². The van der Waals surface area contributed by atoms with Crippen LogP contribution in [0.15, 0.2) is 66.7 Å². The van der Waals surface area contributed by atoms with Gasteiger partial charge in [0.1, 0.15) is 11.5 Å². The molecule has 3 nitrogen and oxygen atoms in total. The molecule has 0 spiro atoms. The third-order valence-electron chi connectivity index (χ3n) is 3.48. The predicted molar refractivity (Wildman–Crippen MR) is 88.2 cm³/mol. The van der Waals surface area contributed by atoms with E-state index in [0.717, 1.165) is 34.0 Å². The fourth-order valence-electron chi connectivity index (χ4n) is 2.32. The van der Waals surface area contributed by atoms with Gasteiger partial charge in [0.15, 0.2) is 0 Å². The summed E-state index contributed by atoms with van der Waals surface area (Å²) in [5.74, 6) is 1.65. The molecule has 3 heteroatoms. The average molecular weight is 291 g/mol. The number of rotatable bonds is 4. The van der Waals surface area contributed by atoms with Gasteiger partial charge in [0.25, 0.3) is 0 Å². The van der Waals surface area contributed by atoms with Crippen LogP contribution in [0, 0.1) is 0 Å². The Hall–Kier alpha value is -2.81. The van der Waals surface area contributed by atoms with Crippen molar-refractivity contribution in [1.82, 2.24) is 4.98 Å². The Labute approximate surface area is 130 Å². The molecule has 0 radical (unpaired) electrons. The molecule has 0 atom stereocenters. The van der Waals surface area contributed by atoms with E-state index < -0.39 is 0 Å². The van der Waals surface area contributed by atoms with Crippen molar-refractivity contribution >= 4 is 0 Å². The maximum Gasteiger partial charge on any atom is 0.119 e. The minimum absolute atomic E-state index is 0.825. The largest absolute Gasteiger partial charge is 0.497 e. The zero-order valence-electron chi connectivity index (χ0n) is 12.6. The molecule has 110 valence electrons. The van der Waals surface area contributed by atoms with Crippen molar-refractivity contribution in [2.75, 3.05) is 14.2 Å². The second kappa shape index (κ2) is 6.31. The number of methoxy groups -OCH3 is 2. The molecule has 0 saturated heterocycles. The zero-order valence-corrected chi connectivity index (χ0v) is 12.6. The van der Waals surface area contributed by atoms with Gasteiger partial charge in [-0.25, -0.2) is 4.98 Å². The van der Waals surface area contributed by atoms with Gasteiger partial charge < -0.3 is 9.47 Å². The Bertz CT molecular complexity index is 721. The van der Waals surface area contributed by atoms with Crippen molar-refractivity contribution < 1.29 is 9.47 Å². The first-order chi connectivity index (χ1) is 10.8. The average Bonchev–Trinajstić information content (AvgIpc) is 2.62. The topological polar surface area (TPSA) is 31.4 Å². The summed E-state index contributed by atoms with van der Waals surface area (Å²) in [6.07, 6.45) is 0. The van der Waals surface area contributed by atoms with Crippen LogP contribution in [0.1, 0.15) is 0 Å². The Morgan fingerprint density at radius 1 is 0.636 bits per heavy atom. The maximum absolute atomic E-state index is 5.28. The van der Waals surface area contributed by atoms with Crippen molar-refractivity contribution in [3.63, 3.8) is 0 Å². The molecule has 1 heterocycles. The number of hydrogen-bond donors (Lipinski definition) is 0. The highest BCUT2D eigenvalue weighted by Gasteiger charge is 2.05. The molecule has 0 fully saturated rings. The molecule has 0 saturated carbocycles. The molecule has 1 aromatic heterocycles. The van der Waals surface area contributed by atoms with Crippen molar-refractivity contribution in [3.8, 4) is 34.0 Å². The number of pyridine rings is 1. The van der Waals surface area contributed by atoms with Crippen molar-refractivity contribution in [2.45, 2.75) is 0 Å². The van der Waals surface area contributed by atoms with Crippen LogP contribution in [0.3, 0.4) is 0 Å². The monoisotopic (exact) mass is 291 g/mol. The number of ether oxygens (including phenoxy) is 2. The quantitative estimate of drug-likeness (QED) is 0.712. The van der Waals surface area contributed by atoms with E-state index in [4.69, 9.17) is 14.5 Å². The molecule has 0 N–H and O–H groups in total. The molecule has 0 aliphatic rings. The third-order valence-corrected chi connectivity index (χ3v) is 3.48. The van der Waals surface area contributed by atoms with Gasteiger partial charge in [0.2, 0.25) is 0 Å². The fraction of sp³-hybridized carbons (Fsp3) is 0.105. The molecular formula is C19H17NO2. The van der Waals surface area contributed by atoms with Gasteiger partial charge in [-0.2, -0.15) is 0 Å². The molecule has 3 rings (SSSR count). The highest BCUT2D eigenvalue weighted by atomic mass is 16.5. The fourth-order valence-corrected chi connectivity index (χ4v) is 2.32. The van der Waals surface area contributed by atoms with Gasteiger partial charge in [-0.05, 0) is 36.4 Å². The highest BCUT2D eigenvalue weighted by Crippen LogP contribution is 2.26. The van der Waals surface area contributed by atoms with Crippen molar-refractivity contribution in [1.29, 1.82) is 0 Å². The van der Waals surface area contributed by atoms with Gasteiger partial charge in [0.05, 0.1) is 25.6 Å². The summed E-state index contributed by atoms with van der Waals surface area (Å²) in [5.41, 5.74) is 3.90. The van der Waals surface area contributed by atoms with Gasteiger partial charge >= 0.3 is 0 Å². The van der Waals surface area contributed by atoms with Crippen LogP contribution >= 0.6 is 0 Å². The standard InChI is InChI=1S/C19H17NO2/c1-21-16-8-3-6-14(12-16)18-10-5-11-19(20-18)15-7-4-9-17(13-15)22-2/h3-13H,1-2H3. The van der Waals surface area contributed by atoms with E-state index in [0.29, 0.717) is 0 Å². The van der Waals surface area contributed by atoms with Crippen LogP contribution in [-0.2, 0) is 0 Å². The number of benzene rings is 2. The number of hydrogen-bond acceptors (Lipinski definition) is 3. The van der Waals surface area contributed by atoms with E-state index in [1.165, 1.54) is 0 Å². The van der Waals surface area contributed by atoms with Crippen molar-refractivity contribution in [3.05, 3.63) is 66.7 Å². The molecular weight excluding hydrogens is 274 g/mol. The van der Waals surface area contributed by atoms with Crippen molar-refractivity contribution in [2.24, 2.45) is 0 Å². The first kappa shape index (κ1) is 14.1. The van der Waals surface area contributed by atoms with E-state index in [1.807, 2.05) is 66.7 Å². The lowest BCUT2D eigenvalue weighted by atomic mass is 10.1. The summed E-state index contributed by atoms with van der Waals surface area (Å²) < 4.78 is 10.6. The summed E-state index contributed by atoms with van der Waals surface area (Å²) in [6, 6.07) is 21.8. The van der Waals surface area contributed by atoms with E-state index in [1.54, 1.807) is 14.2 Å². The Morgan fingerprint density at radius 2 is 1.09 bits per heavy atom. The van der Waals surface area contributed by atoms with Gasteiger partial charge in [-0.3, -0.25) is 0 Å². The summed E-state index contributed by atoms with van der Waals surface area (Å²) in [5, 5.41) is 0. The molecule has 0 aliphatic carbocycles. The second-order valence-electron chi connectivity index (χ2n) is 4.87. The Balaban J connectivity index is 2.01. The molecule has 0 bridgehead atoms. The van der Waals surface area contributed by atoms with Crippen LogP contribution in [0.4, 0.5) is 0 Å². The van der Waals surface area contributed by atoms with Crippen LogP contribution in [0.2, 0.25) is 0 Å². The summed E-state index contributed by atoms with van der Waals surface area (Å²) in [7, 11) is 3.33. The second-order valence-corrected chi connectivity index (χ2v) is 4.87. The zero-order chi connectivity index (χ0) is 15.4. The smallest absolute Gasteiger partial charge is 0.119 e. The first-order valence-corrected chi connectivity index (χ1v) is 7.06. The lowest BCUT2D eigenvalue weighted by Gasteiger charge is -2.08. The molecule has 0 unspecified atom stereocenters. The van der Waals surface area contributed by atoms with E-state index >= 15 is 0 Å². The van der Waals surface area contributed by atoms with E-state index in [9.17, 15) is 0 Å². The molecule has 2 aromatic carbocycles. The highest BCUT2D eigenvalue weighted by molar-refractivity contribution is 5.67. The summed E-state index contributed by atoms with van der Waals surface area (Å²) >= 11 is 0. The van der Waals surface area contributed by atoms with E-state index in [2.05, 4.69) is 0 Å². The molecule has 3 aromatic rings. The SMILES string of the molecule is COc1cccc(-c2cccc(-c3cccc(OC)c3)n2)c1. The molecule has 0 amide bonds. The predicted octanol–water partition coefficient (Wildman–Crippen LogP) is 4.43. The first-order valence-electron chi connectivity index (χ1n) is 7.06. The number of nitrogens with zero attached hydrogens (tertiary/aromatic N) is 1. The Morgan fingerprint density at radius 3 is 1.55 bits per heavy atom. The lowest BCUT2D eigenvalue weighted by molar-refractivity contribution is 0.415.